The van der Waals surface area contributed by atoms with Gasteiger partial charge in [0.25, 0.3) is 11.5 Å². The van der Waals surface area contributed by atoms with Crippen molar-refractivity contribution in [3.8, 4) is 5.88 Å². The maximum atomic E-state index is 13.4. The Morgan fingerprint density at radius 2 is 2.06 bits per heavy atom. The first-order chi connectivity index (χ1) is 16.0. The number of hydrogen-bond acceptors (Lipinski definition) is 9. The zero-order valence-electron chi connectivity index (χ0n) is 18.3. The number of fused-ring (bicyclic) bond motifs is 1. The monoisotopic (exact) mass is 471 g/mol. The van der Waals surface area contributed by atoms with E-state index in [1.165, 1.54) is 13.3 Å². The minimum absolute atomic E-state index is 0.00875. The molecule has 0 spiro atoms. The number of hydrogen-bond donors (Lipinski definition) is 2. The molecule has 0 amide bonds. The van der Waals surface area contributed by atoms with E-state index in [1.54, 1.807) is 30.6 Å². The van der Waals surface area contributed by atoms with Gasteiger partial charge in [-0.2, -0.15) is 14.8 Å². The highest BCUT2D eigenvalue weighted by molar-refractivity contribution is 7.45. The van der Waals surface area contributed by atoms with Gasteiger partial charge in [-0.05, 0) is 36.8 Å². The Kier molecular flexibility index (Phi) is 7.27. The van der Waals surface area contributed by atoms with Crippen LogP contribution in [0.4, 0.5) is 5.82 Å². The van der Waals surface area contributed by atoms with E-state index >= 15 is 0 Å². The van der Waals surface area contributed by atoms with Gasteiger partial charge in [0.15, 0.2) is 8.38 Å². The quantitative estimate of drug-likeness (QED) is 0.497. The third kappa shape index (κ3) is 5.35. The topological polar surface area (TPSA) is 131 Å². The summed E-state index contributed by atoms with van der Waals surface area (Å²) in [5.74, 6) is 0.790. The molecule has 0 radical (unpaired) electrons. The van der Waals surface area contributed by atoms with Crippen LogP contribution in [0.25, 0.3) is 10.8 Å². The van der Waals surface area contributed by atoms with Crippen molar-refractivity contribution in [2.75, 3.05) is 31.3 Å². The van der Waals surface area contributed by atoms with Crippen LogP contribution in [-0.4, -0.2) is 61.8 Å². The lowest BCUT2D eigenvalue weighted by molar-refractivity contribution is 0.0892. The molecule has 0 aliphatic carbocycles. The first kappa shape index (κ1) is 23.2. The molecule has 0 atom stereocenters. The summed E-state index contributed by atoms with van der Waals surface area (Å²) in [4.78, 5) is 55.2. The van der Waals surface area contributed by atoms with Gasteiger partial charge < -0.3 is 19.4 Å². The van der Waals surface area contributed by atoms with Gasteiger partial charge in [0.1, 0.15) is 5.82 Å². The molecule has 0 bridgehead atoms. The molecule has 3 aromatic heterocycles. The second kappa shape index (κ2) is 10.3. The van der Waals surface area contributed by atoms with Crippen molar-refractivity contribution >= 4 is 30.9 Å². The molecule has 0 unspecified atom stereocenters. The number of aromatic nitrogens is 4. The average Bonchev–Trinajstić information content (AvgIpc) is 2.83. The smallest absolute Gasteiger partial charge is 0.285 e. The predicted molar refractivity (Wildman–Crippen MR) is 125 cm³/mol. The Morgan fingerprint density at radius 1 is 1.27 bits per heavy atom. The minimum atomic E-state index is -1.87. The molecule has 0 aromatic carbocycles. The Labute approximate surface area is 191 Å². The normalized spacial score (nSPS) is 14.7. The standard InChI is InChI=1S/C22H26N5O5P/c1-32-18-12-17-14-24-27(19(28)11-16-3-2-7-23-13-16)22(29)20(17)21(25-18)26-8-4-15(5-9-26)6-10-33(30)31/h2-3,7,12-15,30-31H,4-6,8-11H2,1H3. The fraction of sp³-hybridized carbons (Fsp3) is 0.409. The first-order valence-corrected chi connectivity index (χ1v) is 12.2. The summed E-state index contributed by atoms with van der Waals surface area (Å²) in [6.07, 6.45) is 7.58. The van der Waals surface area contributed by atoms with Crippen molar-refractivity contribution in [2.24, 2.45) is 5.92 Å². The molecule has 0 saturated carbocycles. The van der Waals surface area contributed by atoms with Gasteiger partial charge in [-0.25, -0.2) is 0 Å². The van der Waals surface area contributed by atoms with Gasteiger partial charge in [0.2, 0.25) is 5.88 Å². The maximum absolute atomic E-state index is 13.4. The van der Waals surface area contributed by atoms with Crippen LogP contribution in [0.1, 0.15) is 29.6 Å². The van der Waals surface area contributed by atoms with Crippen molar-refractivity contribution in [3.05, 3.63) is 52.7 Å². The Morgan fingerprint density at radius 3 is 2.73 bits per heavy atom. The zero-order chi connectivity index (χ0) is 23.4. The number of pyridine rings is 2. The molecule has 1 fully saturated rings. The molecule has 10 nitrogen and oxygen atoms in total. The summed E-state index contributed by atoms with van der Waals surface area (Å²) in [6, 6.07) is 5.15. The number of methoxy groups -OCH3 is 1. The summed E-state index contributed by atoms with van der Waals surface area (Å²) in [5, 5.41) is 4.99. The maximum Gasteiger partial charge on any atom is 0.285 e. The van der Waals surface area contributed by atoms with Crippen molar-refractivity contribution in [3.63, 3.8) is 0 Å². The number of piperidine rings is 1. The van der Waals surface area contributed by atoms with Crippen molar-refractivity contribution in [2.45, 2.75) is 25.7 Å². The van der Waals surface area contributed by atoms with Crippen LogP contribution < -0.4 is 15.2 Å². The Hall–Kier alpha value is -2.94. The minimum Gasteiger partial charge on any atom is -0.481 e. The van der Waals surface area contributed by atoms with Crippen LogP contribution in [0.5, 0.6) is 5.88 Å². The van der Waals surface area contributed by atoms with E-state index in [9.17, 15) is 19.4 Å². The third-order valence-corrected chi connectivity index (χ3v) is 6.56. The van der Waals surface area contributed by atoms with E-state index in [1.807, 2.05) is 4.90 Å². The molecule has 4 heterocycles. The SMILES string of the molecule is COc1cc2cnn(C(=O)Cc3cccnc3)c(=O)c2c(N2CCC(CCP(O)O)CC2)n1. The number of nitrogens with zero attached hydrogens (tertiary/aromatic N) is 5. The summed E-state index contributed by atoms with van der Waals surface area (Å²) < 4.78 is 6.23. The van der Waals surface area contributed by atoms with Crippen LogP contribution >= 0.6 is 8.38 Å². The zero-order valence-corrected chi connectivity index (χ0v) is 19.2. The molecule has 33 heavy (non-hydrogen) atoms. The molecular weight excluding hydrogens is 445 g/mol. The lowest BCUT2D eigenvalue weighted by atomic mass is 9.94. The van der Waals surface area contributed by atoms with Crippen LogP contribution in [0.2, 0.25) is 0 Å². The fourth-order valence-electron chi connectivity index (χ4n) is 4.12. The van der Waals surface area contributed by atoms with Gasteiger partial charge in [-0.1, -0.05) is 6.07 Å². The van der Waals surface area contributed by atoms with E-state index in [2.05, 4.69) is 15.1 Å². The lowest BCUT2D eigenvalue weighted by Gasteiger charge is -2.33. The van der Waals surface area contributed by atoms with Crippen LogP contribution in [0.3, 0.4) is 0 Å². The van der Waals surface area contributed by atoms with Crippen LogP contribution in [-0.2, 0) is 6.42 Å². The van der Waals surface area contributed by atoms with Gasteiger partial charge in [0.05, 0.1) is 25.1 Å². The van der Waals surface area contributed by atoms with E-state index in [-0.39, 0.29) is 6.42 Å². The number of ether oxygens (including phenoxy) is 1. The van der Waals surface area contributed by atoms with Crippen molar-refractivity contribution < 1.29 is 19.3 Å². The van der Waals surface area contributed by atoms with E-state index in [0.29, 0.717) is 53.2 Å². The Balaban J connectivity index is 1.65. The largest absolute Gasteiger partial charge is 0.481 e. The van der Waals surface area contributed by atoms with Gasteiger partial charge >= 0.3 is 0 Å². The highest BCUT2D eigenvalue weighted by Gasteiger charge is 2.25. The van der Waals surface area contributed by atoms with Crippen LogP contribution in [0, 0.1) is 5.92 Å². The fourth-order valence-corrected chi connectivity index (χ4v) is 4.72. The van der Waals surface area contributed by atoms with Gasteiger partial charge in [-0.3, -0.25) is 14.6 Å². The predicted octanol–water partition coefficient (Wildman–Crippen LogP) is 1.98. The summed E-state index contributed by atoms with van der Waals surface area (Å²) in [6.45, 7) is 1.33. The second-order valence-corrected chi connectivity index (χ2v) is 9.25. The summed E-state index contributed by atoms with van der Waals surface area (Å²) >= 11 is 0. The molecule has 2 N–H and O–H groups in total. The first-order valence-electron chi connectivity index (χ1n) is 10.8. The molecule has 174 valence electrons. The van der Waals surface area contributed by atoms with E-state index < -0.39 is 19.8 Å². The Bertz CT molecular complexity index is 1180. The van der Waals surface area contributed by atoms with Crippen molar-refractivity contribution in [1.29, 1.82) is 0 Å². The number of carbonyl (C=O) groups excluding carboxylic acids is 1. The molecule has 4 rings (SSSR count). The number of carbonyl (C=O) groups is 1. The molecule has 3 aromatic rings. The third-order valence-electron chi connectivity index (χ3n) is 5.90. The number of anilines is 1. The van der Waals surface area contributed by atoms with E-state index in [4.69, 9.17) is 4.74 Å². The molecule has 1 saturated heterocycles. The van der Waals surface area contributed by atoms with Crippen molar-refractivity contribution in [1.82, 2.24) is 19.7 Å². The van der Waals surface area contributed by atoms with Gasteiger partial charge in [0, 0.05) is 43.1 Å². The molecule has 11 heteroatoms. The number of rotatable bonds is 7. The molecule has 1 aliphatic heterocycles. The van der Waals surface area contributed by atoms with E-state index in [0.717, 1.165) is 23.9 Å². The van der Waals surface area contributed by atoms with Gasteiger partial charge in [-0.15, -0.1) is 0 Å². The molecule has 1 aliphatic rings. The second-order valence-electron chi connectivity index (χ2n) is 8.06. The molecular formula is C22H26N5O5P. The average molecular weight is 471 g/mol. The highest BCUT2D eigenvalue weighted by atomic mass is 31.2. The summed E-state index contributed by atoms with van der Waals surface area (Å²) in [7, 11) is -0.361. The highest BCUT2D eigenvalue weighted by Crippen LogP contribution is 2.33. The van der Waals surface area contributed by atoms with Crippen LogP contribution in [0.15, 0.2) is 41.6 Å². The lowest BCUT2D eigenvalue weighted by Crippen LogP contribution is -2.36. The summed E-state index contributed by atoms with van der Waals surface area (Å²) in [5.41, 5.74) is 0.181.